The number of halogens is 3. The van der Waals surface area contributed by atoms with Crippen LogP contribution in [0.1, 0.15) is 40.9 Å². The van der Waals surface area contributed by atoms with E-state index in [0.29, 0.717) is 0 Å². The topological polar surface area (TPSA) is 74.6 Å². The van der Waals surface area contributed by atoms with Gasteiger partial charge in [-0.3, -0.25) is 4.79 Å². The molecule has 0 fully saturated rings. The summed E-state index contributed by atoms with van der Waals surface area (Å²) in [7, 11) is 0. The Bertz CT molecular complexity index is 503. The largest absolute Gasteiger partial charge is 0.479 e. The Balaban J connectivity index is 3.46. The molecule has 0 saturated heterocycles. The minimum absolute atomic E-state index is 0.294. The van der Waals surface area contributed by atoms with Gasteiger partial charge >= 0.3 is 5.97 Å². The van der Waals surface area contributed by atoms with E-state index >= 15 is 0 Å². The lowest BCUT2D eigenvalue weighted by molar-refractivity contribution is -0.147. The van der Waals surface area contributed by atoms with Gasteiger partial charge in [0.2, 0.25) is 0 Å². The lowest BCUT2D eigenvalue weighted by Gasteiger charge is -2.16. The second-order valence-electron chi connectivity index (χ2n) is 3.83. The van der Waals surface area contributed by atoms with Gasteiger partial charge in [0.05, 0.1) is 4.83 Å². The maximum Gasteiger partial charge on any atom is 0.337 e. The summed E-state index contributed by atoms with van der Waals surface area (Å²) < 4.78 is 26.1. The maximum absolute atomic E-state index is 13.1. The maximum atomic E-state index is 13.1. The summed E-state index contributed by atoms with van der Waals surface area (Å²) in [5, 5.41) is 18.1. The van der Waals surface area contributed by atoms with Gasteiger partial charge in [0, 0.05) is 16.7 Å². The molecule has 0 bridgehead atoms. The van der Waals surface area contributed by atoms with E-state index < -0.39 is 40.2 Å². The van der Waals surface area contributed by atoms with Crippen molar-refractivity contribution >= 4 is 27.7 Å². The summed E-state index contributed by atoms with van der Waals surface area (Å²) in [6, 6.07) is 3.51. The normalized spacial score (nSPS) is 14.2. The van der Waals surface area contributed by atoms with Crippen molar-refractivity contribution in [1.82, 2.24) is 0 Å². The van der Waals surface area contributed by atoms with Crippen LogP contribution >= 0.6 is 15.9 Å². The predicted molar refractivity (Wildman–Crippen MR) is 66.7 cm³/mol. The number of carboxylic acid groups (broad SMARTS) is 1. The van der Waals surface area contributed by atoms with Crippen LogP contribution in [-0.4, -0.2) is 26.8 Å². The summed E-state index contributed by atoms with van der Waals surface area (Å²) in [4.78, 5) is 21.8. The Morgan fingerprint density at radius 1 is 1.32 bits per heavy atom. The first-order chi connectivity index (χ1) is 8.77. The average Bonchev–Trinajstić information content (AvgIpc) is 2.35. The molecule has 0 aliphatic rings. The Hall–Kier alpha value is -1.34. The number of carbonyl (C=O) groups excluding carboxylic acids is 1. The molecular weight excluding hydrogens is 326 g/mol. The molecule has 0 aliphatic heterocycles. The van der Waals surface area contributed by atoms with Crippen molar-refractivity contribution in [2.24, 2.45) is 0 Å². The molecule has 0 heterocycles. The molecule has 2 N–H and O–H groups in total. The molecule has 0 spiro atoms. The van der Waals surface area contributed by atoms with Crippen molar-refractivity contribution in [1.29, 1.82) is 0 Å². The van der Waals surface area contributed by atoms with Crippen LogP contribution in [0.15, 0.2) is 18.2 Å². The molecule has 2 atom stereocenters. The highest BCUT2D eigenvalue weighted by Crippen LogP contribution is 2.32. The highest BCUT2D eigenvalue weighted by molar-refractivity contribution is 9.10. The van der Waals surface area contributed by atoms with E-state index in [4.69, 9.17) is 5.11 Å². The number of benzene rings is 1. The molecule has 19 heavy (non-hydrogen) atoms. The van der Waals surface area contributed by atoms with Crippen LogP contribution < -0.4 is 0 Å². The first kappa shape index (κ1) is 15.7. The summed E-state index contributed by atoms with van der Waals surface area (Å²) in [6.07, 6.45) is -5.15. The van der Waals surface area contributed by atoms with Gasteiger partial charge in [-0.1, -0.05) is 34.1 Å². The molecule has 0 aromatic heterocycles. The number of aliphatic carboxylic acids is 1. The third-order valence-electron chi connectivity index (χ3n) is 2.51. The van der Waals surface area contributed by atoms with Crippen LogP contribution in [0.3, 0.4) is 0 Å². The van der Waals surface area contributed by atoms with E-state index in [2.05, 4.69) is 15.9 Å². The Kier molecular flexibility index (Phi) is 5.13. The van der Waals surface area contributed by atoms with Gasteiger partial charge in [-0.25, -0.2) is 13.6 Å². The number of aliphatic hydroxyl groups is 1. The molecule has 104 valence electrons. The number of carbonyl (C=O) groups is 2. The second-order valence-corrected chi connectivity index (χ2v) is 5.20. The van der Waals surface area contributed by atoms with Gasteiger partial charge in [0.15, 0.2) is 11.9 Å². The first-order valence-corrected chi connectivity index (χ1v) is 6.19. The average molecular weight is 337 g/mol. The predicted octanol–water partition coefficient (Wildman–Crippen LogP) is 2.71. The lowest BCUT2D eigenvalue weighted by atomic mass is 9.94. The van der Waals surface area contributed by atoms with Gasteiger partial charge in [0.1, 0.15) is 0 Å². The quantitative estimate of drug-likeness (QED) is 0.640. The number of hydrogen-bond donors (Lipinski definition) is 2. The van der Waals surface area contributed by atoms with Crippen molar-refractivity contribution in [2.45, 2.75) is 24.3 Å². The van der Waals surface area contributed by atoms with Crippen LogP contribution in [0, 0.1) is 0 Å². The van der Waals surface area contributed by atoms with Gasteiger partial charge < -0.3 is 10.2 Å². The second kappa shape index (κ2) is 6.21. The summed E-state index contributed by atoms with van der Waals surface area (Å²) >= 11 is 2.98. The highest BCUT2D eigenvalue weighted by Gasteiger charge is 2.29. The molecule has 1 rings (SSSR count). The van der Waals surface area contributed by atoms with Crippen LogP contribution in [0.2, 0.25) is 0 Å². The first-order valence-electron chi connectivity index (χ1n) is 5.27. The highest BCUT2D eigenvalue weighted by atomic mass is 79.9. The monoisotopic (exact) mass is 336 g/mol. The molecule has 1 aromatic carbocycles. The SMILES string of the molecule is CC(Br)C(=O)c1cccc(C(O)C(=O)O)c1C(F)F. The number of alkyl halides is 3. The lowest BCUT2D eigenvalue weighted by Crippen LogP contribution is -2.18. The Morgan fingerprint density at radius 3 is 2.32 bits per heavy atom. The minimum atomic E-state index is -3.06. The van der Waals surface area contributed by atoms with E-state index in [9.17, 15) is 23.5 Å². The zero-order valence-electron chi connectivity index (χ0n) is 9.81. The van der Waals surface area contributed by atoms with E-state index in [1.54, 1.807) is 0 Å². The van der Waals surface area contributed by atoms with E-state index in [-0.39, 0.29) is 5.56 Å². The zero-order chi connectivity index (χ0) is 14.7. The molecule has 7 heteroatoms. The van der Waals surface area contributed by atoms with Gasteiger partial charge in [-0.05, 0) is 6.92 Å². The van der Waals surface area contributed by atoms with Crippen LogP contribution in [0.4, 0.5) is 8.78 Å². The number of carboxylic acids is 1. The summed E-state index contributed by atoms with van der Waals surface area (Å²) in [5.74, 6) is -2.26. The third-order valence-corrected chi connectivity index (χ3v) is 2.93. The number of hydrogen-bond acceptors (Lipinski definition) is 3. The summed E-state index contributed by atoms with van der Waals surface area (Å²) in [5.41, 5.74) is -1.51. The van der Waals surface area contributed by atoms with Crippen molar-refractivity contribution < 1.29 is 28.6 Å². The molecule has 0 amide bonds. The van der Waals surface area contributed by atoms with Crippen molar-refractivity contribution in [3.05, 3.63) is 34.9 Å². The molecule has 0 saturated carbocycles. The Labute approximate surface area is 116 Å². The Morgan fingerprint density at radius 2 is 1.89 bits per heavy atom. The van der Waals surface area contributed by atoms with Crippen LogP contribution in [0.25, 0.3) is 0 Å². The van der Waals surface area contributed by atoms with Gasteiger partial charge in [-0.15, -0.1) is 0 Å². The fourth-order valence-electron chi connectivity index (χ4n) is 1.63. The zero-order valence-corrected chi connectivity index (χ0v) is 11.4. The van der Waals surface area contributed by atoms with Crippen LogP contribution in [0.5, 0.6) is 0 Å². The van der Waals surface area contributed by atoms with Gasteiger partial charge in [0.25, 0.3) is 6.43 Å². The van der Waals surface area contributed by atoms with E-state index in [1.807, 2.05) is 0 Å². The molecule has 0 radical (unpaired) electrons. The molecular formula is C12H11BrF2O4. The number of Topliss-reactive ketones (excluding diaryl/α,β-unsaturated/α-hetero) is 1. The molecule has 2 unspecified atom stereocenters. The van der Waals surface area contributed by atoms with Crippen LogP contribution in [-0.2, 0) is 4.79 Å². The van der Waals surface area contributed by atoms with E-state index in [1.165, 1.54) is 19.1 Å². The fraction of sp³-hybridized carbons (Fsp3) is 0.333. The molecule has 0 aliphatic carbocycles. The van der Waals surface area contributed by atoms with Crippen molar-refractivity contribution in [3.63, 3.8) is 0 Å². The molecule has 4 nitrogen and oxygen atoms in total. The number of aliphatic hydroxyl groups excluding tert-OH is 1. The summed E-state index contributed by atoms with van der Waals surface area (Å²) in [6.45, 7) is 1.47. The number of ketones is 1. The molecule has 1 aromatic rings. The number of rotatable bonds is 5. The minimum Gasteiger partial charge on any atom is -0.479 e. The third kappa shape index (κ3) is 3.36. The smallest absolute Gasteiger partial charge is 0.337 e. The van der Waals surface area contributed by atoms with Crippen molar-refractivity contribution in [3.8, 4) is 0 Å². The fourth-order valence-corrected chi connectivity index (χ4v) is 1.87. The van der Waals surface area contributed by atoms with Crippen molar-refractivity contribution in [2.75, 3.05) is 0 Å². The van der Waals surface area contributed by atoms with Gasteiger partial charge in [-0.2, -0.15) is 0 Å². The standard InChI is InChI=1S/C12H11BrF2O4/c1-5(13)9(16)6-3-2-4-7(8(6)11(14)15)10(17)12(18)19/h2-5,10-11,17H,1H3,(H,18,19). The van der Waals surface area contributed by atoms with E-state index in [0.717, 1.165) is 6.07 Å².